The first-order valence-electron chi connectivity index (χ1n) is 4.68. The molecular weight excluding hydrogens is 180 g/mol. The molecule has 2 heterocycles. The Morgan fingerprint density at radius 1 is 1.43 bits per heavy atom. The van der Waals surface area contributed by atoms with Crippen LogP contribution in [0, 0.1) is 0 Å². The molecule has 14 heavy (non-hydrogen) atoms. The van der Waals surface area contributed by atoms with E-state index in [0.717, 1.165) is 36.6 Å². The highest BCUT2D eigenvalue weighted by Gasteiger charge is 2.16. The minimum atomic E-state index is -0.267. The van der Waals surface area contributed by atoms with Crippen molar-refractivity contribution in [3.63, 3.8) is 0 Å². The van der Waals surface area contributed by atoms with E-state index in [1.807, 2.05) is 19.0 Å². The van der Waals surface area contributed by atoms with Crippen LogP contribution in [0.4, 0.5) is 5.82 Å². The monoisotopic (exact) mass is 194 g/mol. The number of aromatic amines is 1. The Labute approximate surface area is 82.2 Å². The Hall–Kier alpha value is -1.36. The third-order valence-electron chi connectivity index (χ3n) is 2.38. The Morgan fingerprint density at radius 2 is 2.21 bits per heavy atom. The first-order chi connectivity index (χ1) is 6.68. The maximum Gasteiger partial charge on any atom is 0.347 e. The molecule has 0 saturated heterocycles. The topological polar surface area (TPSA) is 61.0 Å². The summed E-state index contributed by atoms with van der Waals surface area (Å²) >= 11 is 0. The van der Waals surface area contributed by atoms with Crippen molar-refractivity contribution in [3.8, 4) is 0 Å². The Balaban J connectivity index is 2.58. The first-order valence-corrected chi connectivity index (χ1v) is 4.68. The SMILES string of the molecule is CN(C)c1nc(=O)[nH]c2c1CCNC2. The van der Waals surface area contributed by atoms with Crippen LogP contribution in [0.1, 0.15) is 11.3 Å². The predicted molar refractivity (Wildman–Crippen MR) is 54.6 cm³/mol. The predicted octanol–water partition coefficient (Wildman–Crippen LogP) is -0.518. The minimum Gasteiger partial charge on any atom is -0.362 e. The fraction of sp³-hybridized carbons (Fsp3) is 0.556. The van der Waals surface area contributed by atoms with Gasteiger partial charge in [-0.1, -0.05) is 0 Å². The summed E-state index contributed by atoms with van der Waals surface area (Å²) in [4.78, 5) is 19.9. The zero-order valence-electron chi connectivity index (χ0n) is 8.42. The smallest absolute Gasteiger partial charge is 0.347 e. The van der Waals surface area contributed by atoms with Crippen molar-refractivity contribution in [2.24, 2.45) is 0 Å². The molecule has 0 aromatic carbocycles. The molecule has 0 atom stereocenters. The fourth-order valence-electron chi connectivity index (χ4n) is 1.74. The van der Waals surface area contributed by atoms with Gasteiger partial charge >= 0.3 is 5.69 Å². The zero-order chi connectivity index (χ0) is 10.1. The summed E-state index contributed by atoms with van der Waals surface area (Å²) in [6, 6.07) is 0. The van der Waals surface area contributed by atoms with E-state index in [-0.39, 0.29) is 5.69 Å². The van der Waals surface area contributed by atoms with Crippen LogP contribution in [0.3, 0.4) is 0 Å². The first kappa shape index (κ1) is 9.21. The van der Waals surface area contributed by atoms with Gasteiger partial charge in [-0.3, -0.25) is 0 Å². The van der Waals surface area contributed by atoms with Crippen LogP contribution < -0.4 is 15.9 Å². The minimum absolute atomic E-state index is 0.267. The summed E-state index contributed by atoms with van der Waals surface area (Å²) in [6.45, 7) is 1.68. The molecule has 0 saturated carbocycles. The summed E-state index contributed by atoms with van der Waals surface area (Å²) in [7, 11) is 3.81. The van der Waals surface area contributed by atoms with Gasteiger partial charge in [0.15, 0.2) is 0 Å². The number of nitrogens with zero attached hydrogens (tertiary/aromatic N) is 2. The normalized spacial score (nSPS) is 15.0. The van der Waals surface area contributed by atoms with E-state index in [4.69, 9.17) is 0 Å². The highest BCUT2D eigenvalue weighted by molar-refractivity contribution is 5.48. The molecular formula is C9H14N4O. The number of nitrogens with one attached hydrogen (secondary N) is 2. The summed E-state index contributed by atoms with van der Waals surface area (Å²) in [5.74, 6) is 0.797. The highest BCUT2D eigenvalue weighted by atomic mass is 16.1. The van der Waals surface area contributed by atoms with Gasteiger partial charge in [-0.25, -0.2) is 4.79 Å². The molecule has 0 aliphatic carbocycles. The molecule has 0 fully saturated rings. The van der Waals surface area contributed by atoms with Crippen molar-refractivity contribution >= 4 is 5.82 Å². The molecule has 0 spiro atoms. The van der Waals surface area contributed by atoms with Crippen LogP contribution in [0.25, 0.3) is 0 Å². The number of aromatic nitrogens is 2. The molecule has 1 aromatic heterocycles. The van der Waals surface area contributed by atoms with Gasteiger partial charge in [-0.2, -0.15) is 4.98 Å². The average molecular weight is 194 g/mol. The number of hydrogen-bond acceptors (Lipinski definition) is 4. The second kappa shape index (κ2) is 3.42. The molecule has 0 bridgehead atoms. The van der Waals surface area contributed by atoms with E-state index >= 15 is 0 Å². The van der Waals surface area contributed by atoms with Crippen LogP contribution in [0.2, 0.25) is 0 Å². The van der Waals surface area contributed by atoms with Gasteiger partial charge in [0.05, 0.1) is 0 Å². The second-order valence-electron chi connectivity index (χ2n) is 3.64. The molecule has 1 aliphatic heterocycles. The van der Waals surface area contributed by atoms with Crippen molar-refractivity contribution in [1.82, 2.24) is 15.3 Å². The number of anilines is 1. The highest BCUT2D eigenvalue weighted by Crippen LogP contribution is 2.18. The largest absolute Gasteiger partial charge is 0.362 e. The molecule has 1 aromatic rings. The van der Waals surface area contributed by atoms with Crippen LogP contribution in [-0.4, -0.2) is 30.6 Å². The molecule has 5 nitrogen and oxygen atoms in total. The van der Waals surface area contributed by atoms with Crippen LogP contribution in [0.5, 0.6) is 0 Å². The van der Waals surface area contributed by atoms with Crippen LogP contribution in [-0.2, 0) is 13.0 Å². The van der Waals surface area contributed by atoms with E-state index in [9.17, 15) is 4.79 Å². The van der Waals surface area contributed by atoms with Gasteiger partial charge < -0.3 is 15.2 Å². The summed E-state index contributed by atoms with van der Waals surface area (Å²) in [5.41, 5.74) is 1.87. The van der Waals surface area contributed by atoms with Gasteiger partial charge in [0, 0.05) is 31.9 Å². The molecule has 1 aliphatic rings. The molecule has 0 unspecified atom stereocenters. The van der Waals surface area contributed by atoms with Crippen molar-refractivity contribution in [3.05, 3.63) is 21.7 Å². The van der Waals surface area contributed by atoms with E-state index in [0.29, 0.717) is 0 Å². The third-order valence-corrected chi connectivity index (χ3v) is 2.38. The quantitative estimate of drug-likeness (QED) is 0.631. The van der Waals surface area contributed by atoms with E-state index in [1.165, 1.54) is 0 Å². The van der Waals surface area contributed by atoms with E-state index in [2.05, 4.69) is 15.3 Å². The number of rotatable bonds is 1. The Kier molecular flexibility index (Phi) is 2.25. The summed E-state index contributed by atoms with van der Waals surface area (Å²) in [5, 5.41) is 3.22. The van der Waals surface area contributed by atoms with Crippen LogP contribution >= 0.6 is 0 Å². The standard InChI is InChI=1S/C9H14N4O/c1-13(2)8-6-3-4-10-5-7(6)11-9(14)12-8/h10H,3-5H2,1-2H3,(H,11,12,14). The van der Waals surface area contributed by atoms with Gasteiger partial charge in [0.2, 0.25) is 0 Å². The molecule has 0 amide bonds. The van der Waals surface area contributed by atoms with Crippen LogP contribution in [0.15, 0.2) is 4.79 Å². The van der Waals surface area contributed by atoms with Crippen molar-refractivity contribution in [1.29, 1.82) is 0 Å². The maximum atomic E-state index is 11.2. The van der Waals surface area contributed by atoms with Crippen molar-refractivity contribution in [2.45, 2.75) is 13.0 Å². The average Bonchev–Trinajstić information content (AvgIpc) is 2.16. The van der Waals surface area contributed by atoms with Gasteiger partial charge in [0.25, 0.3) is 0 Å². The third kappa shape index (κ3) is 1.50. The maximum absolute atomic E-state index is 11.2. The second-order valence-corrected chi connectivity index (χ2v) is 3.64. The number of hydrogen-bond donors (Lipinski definition) is 2. The zero-order valence-corrected chi connectivity index (χ0v) is 8.42. The van der Waals surface area contributed by atoms with E-state index < -0.39 is 0 Å². The lowest BCUT2D eigenvalue weighted by molar-refractivity contribution is 0.618. The molecule has 2 N–H and O–H groups in total. The lowest BCUT2D eigenvalue weighted by atomic mass is 10.1. The van der Waals surface area contributed by atoms with Crippen molar-refractivity contribution < 1.29 is 0 Å². The van der Waals surface area contributed by atoms with Gasteiger partial charge in [-0.05, 0) is 13.0 Å². The number of fused-ring (bicyclic) bond motifs is 1. The lowest BCUT2D eigenvalue weighted by Gasteiger charge is -2.22. The lowest BCUT2D eigenvalue weighted by Crippen LogP contribution is -2.31. The molecule has 0 radical (unpaired) electrons. The van der Waals surface area contributed by atoms with Crippen molar-refractivity contribution in [2.75, 3.05) is 25.5 Å². The molecule has 5 heteroatoms. The molecule has 2 rings (SSSR count). The number of H-pyrrole nitrogens is 1. The fourth-order valence-corrected chi connectivity index (χ4v) is 1.74. The van der Waals surface area contributed by atoms with Gasteiger partial charge in [-0.15, -0.1) is 0 Å². The summed E-state index contributed by atoms with van der Waals surface area (Å²) in [6.07, 6.45) is 0.923. The Bertz CT molecular complexity index is 396. The Morgan fingerprint density at radius 3 is 2.93 bits per heavy atom. The summed E-state index contributed by atoms with van der Waals surface area (Å²) < 4.78 is 0. The molecule has 76 valence electrons. The van der Waals surface area contributed by atoms with Gasteiger partial charge in [0.1, 0.15) is 5.82 Å². The van der Waals surface area contributed by atoms with E-state index in [1.54, 1.807) is 0 Å².